The minimum atomic E-state index is -0.585. The predicted molar refractivity (Wildman–Crippen MR) is 31.8 cm³/mol. The molecule has 0 aliphatic carbocycles. The van der Waals surface area contributed by atoms with Crippen LogP contribution >= 0.6 is 0 Å². The number of hydrogen-bond donors (Lipinski definition) is 1. The quantitative estimate of drug-likeness (QED) is 0.402. The highest BCUT2D eigenvalue weighted by Gasteiger charge is 1.93. The first-order chi connectivity index (χ1) is 4.33. The summed E-state index contributed by atoms with van der Waals surface area (Å²) < 4.78 is 12.1. The Bertz CT molecular complexity index is 206. The lowest BCUT2D eigenvalue weighted by atomic mass is 9.90. The smallest absolute Gasteiger partial charge is 0.326 e. The van der Waals surface area contributed by atoms with Gasteiger partial charge in [-0.1, -0.05) is 0 Å². The Kier molecular flexibility index (Phi) is 1.79. The lowest BCUT2D eigenvalue weighted by Crippen LogP contribution is -2.13. The number of aromatic nitrogens is 1. The van der Waals surface area contributed by atoms with Gasteiger partial charge in [-0.2, -0.15) is 4.39 Å². The average molecular weight is 124 g/mol. The summed E-state index contributed by atoms with van der Waals surface area (Å²) in [5, 5.41) is 8.34. The van der Waals surface area contributed by atoms with Gasteiger partial charge in [-0.3, -0.25) is 0 Å². The van der Waals surface area contributed by atoms with Gasteiger partial charge in [0.05, 0.1) is 0 Å². The summed E-state index contributed by atoms with van der Waals surface area (Å²) in [5.74, 6) is -0.585. The third-order valence-corrected chi connectivity index (χ3v) is 0.900. The molecule has 0 aliphatic heterocycles. The van der Waals surface area contributed by atoms with Crippen LogP contribution in [0.4, 0.5) is 4.39 Å². The molecule has 0 unspecified atom stereocenters. The topological polar surface area (TPSA) is 33.1 Å². The third kappa shape index (κ3) is 1.50. The van der Waals surface area contributed by atoms with Gasteiger partial charge in [-0.25, -0.2) is 4.98 Å². The molecule has 0 saturated heterocycles. The van der Waals surface area contributed by atoms with Crippen LogP contribution < -0.4 is 5.46 Å². The normalized spacial score (nSPS) is 9.11. The maximum Gasteiger partial charge on any atom is 0.326 e. The van der Waals surface area contributed by atoms with E-state index in [1.165, 1.54) is 12.3 Å². The maximum absolute atomic E-state index is 12.1. The number of hydrogen-bond acceptors (Lipinski definition) is 2. The van der Waals surface area contributed by atoms with Crippen molar-refractivity contribution in [2.24, 2.45) is 0 Å². The van der Waals surface area contributed by atoms with E-state index in [0.717, 1.165) is 13.5 Å². The van der Waals surface area contributed by atoms with E-state index in [1.54, 1.807) is 0 Å². The average Bonchev–Trinajstić information content (AvgIpc) is 1.88. The summed E-state index contributed by atoms with van der Waals surface area (Å²) in [4.78, 5) is 3.29. The Morgan fingerprint density at radius 1 is 1.67 bits per heavy atom. The largest absolute Gasteiger partial charge is 0.450 e. The zero-order valence-corrected chi connectivity index (χ0v) is 4.58. The zero-order chi connectivity index (χ0) is 6.69. The molecule has 1 rings (SSSR count). The van der Waals surface area contributed by atoms with Gasteiger partial charge in [0.2, 0.25) is 5.95 Å². The molecule has 1 aromatic heterocycles. The van der Waals surface area contributed by atoms with Crippen molar-refractivity contribution in [1.82, 2.24) is 4.98 Å². The van der Waals surface area contributed by atoms with Gasteiger partial charge >= 0.3 is 7.48 Å². The van der Waals surface area contributed by atoms with Gasteiger partial charge in [0.15, 0.2) is 0 Å². The lowest BCUT2D eigenvalue weighted by Gasteiger charge is -1.89. The molecule has 45 valence electrons. The van der Waals surface area contributed by atoms with Crippen LogP contribution in [0.15, 0.2) is 18.3 Å². The monoisotopic (exact) mass is 124 g/mol. The van der Waals surface area contributed by atoms with Crippen LogP contribution in [0, 0.1) is 5.95 Å². The van der Waals surface area contributed by atoms with Crippen LogP contribution in [0.3, 0.4) is 0 Å². The highest BCUT2D eigenvalue weighted by Crippen LogP contribution is 1.84. The highest BCUT2D eigenvalue weighted by molar-refractivity contribution is 6.45. The molecule has 0 atom stereocenters. The molecule has 0 aliphatic rings. The molecule has 0 spiro atoms. The van der Waals surface area contributed by atoms with E-state index in [2.05, 4.69) is 4.98 Å². The minimum Gasteiger partial charge on any atom is -0.450 e. The van der Waals surface area contributed by atoms with Crippen LogP contribution in [0.2, 0.25) is 0 Å². The standard InChI is InChI=1S/C5H4BFNO/c7-5-3-4(6-9)1-2-8-5/h1-3,9H. The van der Waals surface area contributed by atoms with Crippen LogP contribution in [0.25, 0.3) is 0 Å². The van der Waals surface area contributed by atoms with Crippen molar-refractivity contribution >= 4 is 12.9 Å². The zero-order valence-electron chi connectivity index (χ0n) is 4.58. The van der Waals surface area contributed by atoms with Crippen molar-refractivity contribution in [3.8, 4) is 0 Å². The molecule has 2 nitrogen and oxygen atoms in total. The number of halogens is 1. The van der Waals surface area contributed by atoms with Crippen LogP contribution in [-0.4, -0.2) is 17.5 Å². The van der Waals surface area contributed by atoms with E-state index in [-0.39, 0.29) is 0 Å². The van der Waals surface area contributed by atoms with E-state index in [9.17, 15) is 4.39 Å². The molecule has 0 aromatic carbocycles. The van der Waals surface area contributed by atoms with Crippen LogP contribution in [-0.2, 0) is 0 Å². The lowest BCUT2D eigenvalue weighted by molar-refractivity contribution is 0.582. The second-order valence-corrected chi connectivity index (χ2v) is 1.54. The number of rotatable bonds is 1. The van der Waals surface area contributed by atoms with Gasteiger partial charge in [-0.05, 0) is 17.6 Å². The summed E-state index contributed by atoms with van der Waals surface area (Å²) in [6.45, 7) is 0. The Labute approximate surface area is 52.6 Å². The maximum atomic E-state index is 12.1. The SMILES string of the molecule is O[B]c1ccnc(F)c1. The molecular weight excluding hydrogens is 120 g/mol. The molecule has 0 bridgehead atoms. The third-order valence-electron chi connectivity index (χ3n) is 0.900. The molecule has 4 heteroatoms. The van der Waals surface area contributed by atoms with Gasteiger partial charge < -0.3 is 5.02 Å². The first-order valence-corrected chi connectivity index (χ1v) is 2.42. The van der Waals surface area contributed by atoms with Crippen LogP contribution in [0.1, 0.15) is 0 Å². The fraction of sp³-hybridized carbons (Fsp3) is 0. The van der Waals surface area contributed by atoms with Gasteiger partial charge in [-0.15, -0.1) is 0 Å². The molecule has 1 heterocycles. The fourth-order valence-corrected chi connectivity index (χ4v) is 0.498. The second kappa shape index (κ2) is 2.59. The van der Waals surface area contributed by atoms with Crippen LogP contribution in [0.5, 0.6) is 0 Å². The van der Waals surface area contributed by atoms with Crippen molar-refractivity contribution in [2.45, 2.75) is 0 Å². The van der Waals surface area contributed by atoms with Crippen molar-refractivity contribution in [3.63, 3.8) is 0 Å². The molecule has 1 aromatic rings. The van der Waals surface area contributed by atoms with E-state index < -0.39 is 5.95 Å². The summed E-state index contributed by atoms with van der Waals surface area (Å²) in [6, 6.07) is 2.64. The molecule has 0 fully saturated rings. The van der Waals surface area contributed by atoms with E-state index in [4.69, 9.17) is 5.02 Å². The molecule has 0 amide bonds. The fourth-order valence-electron chi connectivity index (χ4n) is 0.498. The molecule has 1 N–H and O–H groups in total. The van der Waals surface area contributed by atoms with Crippen molar-refractivity contribution < 1.29 is 9.41 Å². The van der Waals surface area contributed by atoms with E-state index >= 15 is 0 Å². The molecule has 1 radical (unpaired) electrons. The number of pyridine rings is 1. The Hall–Kier alpha value is -0.895. The number of nitrogens with zero attached hydrogens (tertiary/aromatic N) is 1. The van der Waals surface area contributed by atoms with E-state index in [1.807, 2.05) is 0 Å². The highest BCUT2D eigenvalue weighted by atomic mass is 19.1. The molecular formula is C5H4BFNO. The molecule has 9 heavy (non-hydrogen) atoms. The first kappa shape index (κ1) is 6.23. The summed E-state index contributed by atoms with van der Waals surface area (Å²) in [5.41, 5.74) is 0.419. The summed E-state index contributed by atoms with van der Waals surface area (Å²) in [7, 11) is 0.824. The van der Waals surface area contributed by atoms with Crippen molar-refractivity contribution in [3.05, 3.63) is 24.3 Å². The van der Waals surface area contributed by atoms with Gasteiger partial charge in [0.1, 0.15) is 0 Å². The molecule has 0 saturated carbocycles. The van der Waals surface area contributed by atoms with Crippen molar-refractivity contribution in [1.29, 1.82) is 0 Å². The summed E-state index contributed by atoms with van der Waals surface area (Å²) in [6.07, 6.45) is 1.29. The second-order valence-electron chi connectivity index (χ2n) is 1.54. The van der Waals surface area contributed by atoms with Crippen molar-refractivity contribution in [2.75, 3.05) is 0 Å². The summed E-state index contributed by atoms with van der Waals surface area (Å²) >= 11 is 0. The van der Waals surface area contributed by atoms with Gasteiger partial charge in [0, 0.05) is 6.20 Å². The Balaban J connectivity index is 2.94. The Morgan fingerprint density at radius 2 is 2.44 bits per heavy atom. The van der Waals surface area contributed by atoms with E-state index in [0.29, 0.717) is 5.46 Å². The predicted octanol–water partition coefficient (Wildman–Crippen LogP) is -0.542. The Morgan fingerprint density at radius 3 is 2.89 bits per heavy atom. The minimum absolute atomic E-state index is 0.419. The van der Waals surface area contributed by atoms with Gasteiger partial charge in [0.25, 0.3) is 0 Å². The first-order valence-electron chi connectivity index (χ1n) is 2.42.